The molecule has 4 nitrogen and oxygen atoms in total. The molecule has 18 heavy (non-hydrogen) atoms. The van der Waals surface area contributed by atoms with Crippen molar-refractivity contribution < 1.29 is 14.9 Å². The SMILES string of the molecule is COc1cccc(N2CCC(C)(O)C2)c1[C@H](C)O. The van der Waals surface area contributed by atoms with Gasteiger partial charge in [-0.25, -0.2) is 0 Å². The Kier molecular flexibility index (Phi) is 3.50. The van der Waals surface area contributed by atoms with Crippen LogP contribution in [0.25, 0.3) is 0 Å². The summed E-state index contributed by atoms with van der Waals surface area (Å²) < 4.78 is 5.31. The molecule has 1 aliphatic rings. The zero-order chi connectivity index (χ0) is 13.3. The van der Waals surface area contributed by atoms with E-state index in [0.29, 0.717) is 12.3 Å². The van der Waals surface area contributed by atoms with Gasteiger partial charge >= 0.3 is 0 Å². The number of nitrogens with zero attached hydrogens (tertiary/aromatic N) is 1. The number of anilines is 1. The first-order valence-electron chi connectivity index (χ1n) is 6.27. The summed E-state index contributed by atoms with van der Waals surface area (Å²) in [6.07, 6.45) is 0.144. The minimum absolute atomic E-state index is 0.583. The number of hydrogen-bond acceptors (Lipinski definition) is 4. The van der Waals surface area contributed by atoms with Crippen molar-refractivity contribution >= 4 is 5.69 Å². The summed E-state index contributed by atoms with van der Waals surface area (Å²) in [7, 11) is 1.60. The van der Waals surface area contributed by atoms with Crippen molar-refractivity contribution in [2.75, 3.05) is 25.1 Å². The van der Waals surface area contributed by atoms with Crippen LogP contribution in [0.2, 0.25) is 0 Å². The van der Waals surface area contributed by atoms with Crippen molar-refractivity contribution in [1.82, 2.24) is 0 Å². The molecule has 0 radical (unpaired) electrons. The van der Waals surface area contributed by atoms with Gasteiger partial charge < -0.3 is 19.8 Å². The van der Waals surface area contributed by atoms with E-state index in [1.165, 1.54) is 0 Å². The Morgan fingerprint density at radius 3 is 2.67 bits per heavy atom. The zero-order valence-corrected chi connectivity index (χ0v) is 11.2. The van der Waals surface area contributed by atoms with E-state index in [1.807, 2.05) is 25.1 Å². The average molecular weight is 251 g/mol. The van der Waals surface area contributed by atoms with Gasteiger partial charge in [0.15, 0.2) is 0 Å². The molecule has 2 atom stereocenters. The van der Waals surface area contributed by atoms with Crippen molar-refractivity contribution in [3.05, 3.63) is 23.8 Å². The fraction of sp³-hybridized carbons (Fsp3) is 0.571. The molecule has 1 heterocycles. The van der Waals surface area contributed by atoms with Crippen molar-refractivity contribution in [2.45, 2.75) is 32.0 Å². The Bertz CT molecular complexity index is 429. The van der Waals surface area contributed by atoms with Crippen molar-refractivity contribution in [3.8, 4) is 5.75 Å². The molecule has 1 aliphatic heterocycles. The lowest BCUT2D eigenvalue weighted by molar-refractivity contribution is 0.0838. The number of hydrogen-bond donors (Lipinski definition) is 2. The lowest BCUT2D eigenvalue weighted by atomic mass is 10.1. The summed E-state index contributed by atoms with van der Waals surface area (Å²) in [5, 5.41) is 20.0. The van der Waals surface area contributed by atoms with Gasteiger partial charge in [0, 0.05) is 24.3 Å². The number of aliphatic hydroxyl groups is 2. The van der Waals surface area contributed by atoms with Crippen LogP contribution >= 0.6 is 0 Å². The maximum Gasteiger partial charge on any atom is 0.126 e. The quantitative estimate of drug-likeness (QED) is 0.858. The largest absolute Gasteiger partial charge is 0.496 e. The van der Waals surface area contributed by atoms with Crippen LogP contribution in [0, 0.1) is 0 Å². The summed E-state index contributed by atoms with van der Waals surface area (Å²) in [6.45, 7) is 4.95. The molecular formula is C14H21NO3. The van der Waals surface area contributed by atoms with Crippen LogP contribution in [0.3, 0.4) is 0 Å². The highest BCUT2D eigenvalue weighted by Crippen LogP contribution is 2.37. The first-order valence-corrected chi connectivity index (χ1v) is 6.27. The number of β-amino-alcohol motifs (C(OH)–C–C–N with tert-alkyl or cyclic N) is 1. The van der Waals surface area contributed by atoms with E-state index in [2.05, 4.69) is 4.90 Å². The normalized spacial score (nSPS) is 25.3. The molecule has 0 aromatic heterocycles. The molecule has 0 saturated carbocycles. The Balaban J connectivity index is 2.39. The van der Waals surface area contributed by atoms with E-state index < -0.39 is 11.7 Å². The third-order valence-corrected chi connectivity index (χ3v) is 3.47. The van der Waals surface area contributed by atoms with Crippen LogP contribution < -0.4 is 9.64 Å². The van der Waals surface area contributed by atoms with Gasteiger partial charge in [0.05, 0.1) is 18.8 Å². The van der Waals surface area contributed by atoms with Crippen LogP contribution in [0.1, 0.15) is 31.9 Å². The van der Waals surface area contributed by atoms with Crippen LogP contribution in [0.5, 0.6) is 5.75 Å². The van der Waals surface area contributed by atoms with Gasteiger partial charge in [-0.05, 0) is 32.4 Å². The predicted octanol–water partition coefficient (Wildman–Crippen LogP) is 1.71. The second-order valence-electron chi connectivity index (χ2n) is 5.24. The topological polar surface area (TPSA) is 52.9 Å². The molecule has 0 spiro atoms. The van der Waals surface area contributed by atoms with E-state index in [1.54, 1.807) is 14.0 Å². The Morgan fingerprint density at radius 2 is 2.17 bits per heavy atom. The molecule has 100 valence electrons. The molecule has 1 aromatic carbocycles. The third kappa shape index (κ3) is 2.44. The Hall–Kier alpha value is -1.26. The number of aliphatic hydroxyl groups excluding tert-OH is 1. The average Bonchev–Trinajstić information content (AvgIpc) is 2.68. The van der Waals surface area contributed by atoms with E-state index >= 15 is 0 Å². The highest BCUT2D eigenvalue weighted by molar-refractivity contribution is 5.61. The summed E-state index contributed by atoms with van der Waals surface area (Å²) in [5.41, 5.74) is 1.08. The molecular weight excluding hydrogens is 230 g/mol. The lowest BCUT2D eigenvalue weighted by Gasteiger charge is -2.25. The van der Waals surface area contributed by atoms with Crippen molar-refractivity contribution in [3.63, 3.8) is 0 Å². The standard InChI is InChI=1S/C14H21NO3/c1-10(16)13-11(5-4-6-12(13)18-3)15-8-7-14(2,17)9-15/h4-6,10,16-17H,7-9H2,1-3H3/t10-,14?/m0/s1. The summed E-state index contributed by atoms with van der Waals surface area (Å²) in [4.78, 5) is 2.10. The maximum atomic E-state index is 10.0. The van der Waals surface area contributed by atoms with Gasteiger partial charge in [-0.15, -0.1) is 0 Å². The lowest BCUT2D eigenvalue weighted by Crippen LogP contribution is -2.30. The van der Waals surface area contributed by atoms with Gasteiger partial charge in [-0.3, -0.25) is 0 Å². The first kappa shape index (κ1) is 13.2. The molecule has 0 amide bonds. The number of benzene rings is 1. The summed E-state index contributed by atoms with van der Waals surface area (Å²) in [6, 6.07) is 5.72. The van der Waals surface area contributed by atoms with Gasteiger partial charge in [0.2, 0.25) is 0 Å². The van der Waals surface area contributed by atoms with Crippen LogP contribution in [0.4, 0.5) is 5.69 Å². The zero-order valence-electron chi connectivity index (χ0n) is 11.2. The van der Waals surface area contributed by atoms with Crippen LogP contribution in [-0.2, 0) is 0 Å². The van der Waals surface area contributed by atoms with E-state index in [4.69, 9.17) is 4.74 Å². The Labute approximate surface area is 108 Å². The van der Waals surface area contributed by atoms with Gasteiger partial charge in [0.1, 0.15) is 5.75 Å². The molecule has 1 unspecified atom stereocenters. The smallest absolute Gasteiger partial charge is 0.126 e. The molecule has 1 aromatic rings. The minimum atomic E-state index is -0.654. The predicted molar refractivity (Wildman–Crippen MR) is 71.1 cm³/mol. The minimum Gasteiger partial charge on any atom is -0.496 e. The number of ether oxygens (including phenoxy) is 1. The van der Waals surface area contributed by atoms with E-state index in [-0.39, 0.29) is 0 Å². The van der Waals surface area contributed by atoms with Gasteiger partial charge in [0.25, 0.3) is 0 Å². The third-order valence-electron chi connectivity index (χ3n) is 3.47. The van der Waals surface area contributed by atoms with Crippen LogP contribution in [-0.4, -0.2) is 36.0 Å². The maximum absolute atomic E-state index is 10.0. The first-order chi connectivity index (χ1) is 8.44. The second kappa shape index (κ2) is 4.78. The van der Waals surface area contributed by atoms with Crippen LogP contribution in [0.15, 0.2) is 18.2 Å². The molecule has 4 heteroatoms. The Morgan fingerprint density at radius 1 is 1.44 bits per heavy atom. The highest BCUT2D eigenvalue weighted by Gasteiger charge is 2.33. The van der Waals surface area contributed by atoms with E-state index in [9.17, 15) is 10.2 Å². The summed E-state index contributed by atoms with van der Waals surface area (Å²) >= 11 is 0. The molecule has 0 bridgehead atoms. The monoisotopic (exact) mass is 251 g/mol. The van der Waals surface area contributed by atoms with Gasteiger partial charge in [-0.2, -0.15) is 0 Å². The summed E-state index contributed by atoms with van der Waals surface area (Å²) in [5.74, 6) is 0.689. The molecule has 2 rings (SSSR count). The molecule has 1 fully saturated rings. The number of methoxy groups -OCH3 is 1. The molecule has 1 saturated heterocycles. The number of rotatable bonds is 3. The van der Waals surface area contributed by atoms with Crippen molar-refractivity contribution in [2.24, 2.45) is 0 Å². The highest BCUT2D eigenvalue weighted by atomic mass is 16.5. The van der Waals surface area contributed by atoms with Gasteiger partial charge in [-0.1, -0.05) is 6.07 Å². The van der Waals surface area contributed by atoms with Crippen molar-refractivity contribution in [1.29, 1.82) is 0 Å². The second-order valence-corrected chi connectivity index (χ2v) is 5.24. The molecule has 0 aliphatic carbocycles. The fourth-order valence-corrected chi connectivity index (χ4v) is 2.56. The fourth-order valence-electron chi connectivity index (χ4n) is 2.56. The molecule has 2 N–H and O–H groups in total. The van der Waals surface area contributed by atoms with E-state index in [0.717, 1.165) is 24.2 Å².